The largest absolute Gasteiger partial charge is 0.381 e. The van der Waals surface area contributed by atoms with Gasteiger partial charge in [-0.25, -0.2) is 4.98 Å². The van der Waals surface area contributed by atoms with E-state index in [0.29, 0.717) is 6.54 Å². The van der Waals surface area contributed by atoms with Crippen molar-refractivity contribution in [2.45, 2.75) is 32.3 Å². The van der Waals surface area contributed by atoms with Crippen molar-refractivity contribution in [2.75, 3.05) is 6.54 Å². The average Bonchev–Trinajstić information content (AvgIpc) is 2.63. The summed E-state index contributed by atoms with van der Waals surface area (Å²) in [6.07, 6.45) is 2.94. The molecule has 0 saturated heterocycles. The second-order valence-electron chi connectivity index (χ2n) is 3.85. The van der Waals surface area contributed by atoms with Gasteiger partial charge in [-0.1, -0.05) is 0 Å². The van der Waals surface area contributed by atoms with Gasteiger partial charge < -0.3 is 10.4 Å². The minimum atomic E-state index is -1.31. The van der Waals surface area contributed by atoms with E-state index < -0.39 is 5.60 Å². The smallest absolute Gasteiger partial charge is 0.251 e. The topological polar surface area (TPSA) is 90.9 Å². The molecule has 0 saturated carbocycles. The summed E-state index contributed by atoms with van der Waals surface area (Å²) in [5.74, 6) is 0.438. The lowest BCUT2D eigenvalue weighted by Gasteiger charge is -2.16. The fourth-order valence-electron chi connectivity index (χ4n) is 1.03. The fraction of sp³-hybridized carbons (Fsp3) is 0.667. The normalized spacial score (nSPS) is 11.4. The van der Waals surface area contributed by atoms with Crippen LogP contribution in [0, 0.1) is 0 Å². The first-order valence-electron chi connectivity index (χ1n) is 4.85. The molecule has 3 N–H and O–H groups in total. The summed E-state index contributed by atoms with van der Waals surface area (Å²) < 4.78 is 0. The Labute approximate surface area is 88.1 Å². The van der Waals surface area contributed by atoms with Crippen LogP contribution in [-0.4, -0.2) is 38.3 Å². The number of carbonyl (C=O) groups is 1. The molecule has 6 heteroatoms. The molecular weight excluding hydrogens is 196 g/mol. The van der Waals surface area contributed by atoms with Crippen LogP contribution in [0.25, 0.3) is 0 Å². The van der Waals surface area contributed by atoms with Gasteiger partial charge in [0.25, 0.3) is 5.91 Å². The summed E-state index contributed by atoms with van der Waals surface area (Å²) in [6.45, 7) is 3.43. The predicted molar refractivity (Wildman–Crippen MR) is 54.0 cm³/mol. The van der Waals surface area contributed by atoms with E-state index in [1.54, 1.807) is 0 Å². The third-order valence-corrected chi connectivity index (χ3v) is 1.90. The fourth-order valence-corrected chi connectivity index (χ4v) is 1.03. The lowest BCUT2D eigenvalue weighted by Crippen LogP contribution is -2.42. The lowest BCUT2D eigenvalue weighted by molar-refractivity contribution is -0.136. The van der Waals surface area contributed by atoms with Crippen molar-refractivity contribution in [3.63, 3.8) is 0 Å². The zero-order chi connectivity index (χ0) is 11.3. The zero-order valence-electron chi connectivity index (χ0n) is 8.95. The summed E-state index contributed by atoms with van der Waals surface area (Å²) in [4.78, 5) is 15.2. The Morgan fingerprint density at radius 2 is 2.40 bits per heavy atom. The van der Waals surface area contributed by atoms with Gasteiger partial charge in [0.2, 0.25) is 0 Å². The van der Waals surface area contributed by atoms with Crippen molar-refractivity contribution in [1.29, 1.82) is 0 Å². The highest BCUT2D eigenvalue weighted by atomic mass is 16.3. The number of H-pyrrole nitrogens is 1. The van der Waals surface area contributed by atoms with E-state index in [1.807, 2.05) is 0 Å². The maximum absolute atomic E-state index is 11.2. The Morgan fingerprint density at radius 3 is 2.93 bits per heavy atom. The Bertz CT molecular complexity index is 302. The monoisotopic (exact) mass is 212 g/mol. The van der Waals surface area contributed by atoms with Crippen LogP contribution in [-0.2, 0) is 11.2 Å². The molecule has 84 valence electrons. The van der Waals surface area contributed by atoms with Gasteiger partial charge in [0.05, 0.1) is 0 Å². The molecule has 0 aliphatic carbocycles. The minimum Gasteiger partial charge on any atom is -0.381 e. The van der Waals surface area contributed by atoms with E-state index in [0.717, 1.165) is 18.7 Å². The van der Waals surface area contributed by atoms with Gasteiger partial charge in [-0.3, -0.25) is 9.89 Å². The molecular formula is C9H16N4O2. The molecule has 0 fully saturated rings. The second kappa shape index (κ2) is 4.88. The van der Waals surface area contributed by atoms with E-state index in [1.165, 1.54) is 20.2 Å². The van der Waals surface area contributed by atoms with Crippen molar-refractivity contribution in [1.82, 2.24) is 20.5 Å². The predicted octanol–water partition coefficient (Wildman–Crippen LogP) is -0.376. The van der Waals surface area contributed by atoms with Crippen LogP contribution in [0.15, 0.2) is 6.33 Å². The Morgan fingerprint density at radius 1 is 1.67 bits per heavy atom. The zero-order valence-corrected chi connectivity index (χ0v) is 8.95. The van der Waals surface area contributed by atoms with Crippen molar-refractivity contribution in [2.24, 2.45) is 0 Å². The number of rotatable bonds is 5. The Kier molecular flexibility index (Phi) is 3.79. The number of hydrogen-bond acceptors (Lipinski definition) is 4. The number of hydrogen-bond donors (Lipinski definition) is 3. The van der Waals surface area contributed by atoms with Gasteiger partial charge in [0.1, 0.15) is 17.8 Å². The molecule has 6 nitrogen and oxygen atoms in total. The van der Waals surface area contributed by atoms with Gasteiger partial charge in [-0.15, -0.1) is 0 Å². The van der Waals surface area contributed by atoms with Crippen LogP contribution in [0.5, 0.6) is 0 Å². The van der Waals surface area contributed by atoms with Crippen molar-refractivity contribution >= 4 is 5.91 Å². The van der Waals surface area contributed by atoms with Gasteiger partial charge in [-0.05, 0) is 20.3 Å². The highest BCUT2D eigenvalue weighted by molar-refractivity contribution is 5.83. The molecule has 0 bridgehead atoms. The number of aromatic nitrogens is 3. The van der Waals surface area contributed by atoms with E-state index >= 15 is 0 Å². The molecule has 0 radical (unpaired) electrons. The molecule has 0 aromatic carbocycles. The summed E-state index contributed by atoms with van der Waals surface area (Å²) in [7, 11) is 0. The van der Waals surface area contributed by atoms with E-state index in [4.69, 9.17) is 0 Å². The number of aliphatic hydroxyl groups is 1. The molecule has 0 aliphatic heterocycles. The van der Waals surface area contributed by atoms with Crippen molar-refractivity contribution < 1.29 is 9.90 Å². The number of carbonyl (C=O) groups excluding carboxylic acids is 1. The first-order chi connectivity index (χ1) is 7.00. The van der Waals surface area contributed by atoms with E-state index in [-0.39, 0.29) is 5.91 Å². The second-order valence-corrected chi connectivity index (χ2v) is 3.85. The molecule has 0 unspecified atom stereocenters. The van der Waals surface area contributed by atoms with Gasteiger partial charge >= 0.3 is 0 Å². The Balaban J connectivity index is 2.15. The summed E-state index contributed by atoms with van der Waals surface area (Å²) in [5, 5.41) is 18.4. The molecule has 15 heavy (non-hydrogen) atoms. The summed E-state index contributed by atoms with van der Waals surface area (Å²) >= 11 is 0. The molecule has 1 aromatic heterocycles. The van der Waals surface area contributed by atoms with Crippen LogP contribution in [0.1, 0.15) is 26.1 Å². The Hall–Kier alpha value is -1.43. The van der Waals surface area contributed by atoms with Crippen molar-refractivity contribution in [3.8, 4) is 0 Å². The SMILES string of the molecule is CC(C)(O)C(=O)NCCCc1ncn[nH]1. The number of nitrogens with zero attached hydrogens (tertiary/aromatic N) is 2. The van der Waals surface area contributed by atoms with Gasteiger partial charge in [0.15, 0.2) is 0 Å². The van der Waals surface area contributed by atoms with Crippen molar-refractivity contribution in [3.05, 3.63) is 12.2 Å². The number of aryl methyl sites for hydroxylation is 1. The minimum absolute atomic E-state index is 0.361. The van der Waals surface area contributed by atoms with Crippen LogP contribution < -0.4 is 5.32 Å². The first kappa shape index (κ1) is 11.6. The summed E-state index contributed by atoms with van der Waals surface area (Å²) in [5.41, 5.74) is -1.31. The third-order valence-electron chi connectivity index (χ3n) is 1.90. The maximum atomic E-state index is 11.2. The molecule has 0 aliphatic rings. The lowest BCUT2D eigenvalue weighted by atomic mass is 10.1. The quantitative estimate of drug-likeness (QED) is 0.580. The molecule has 1 aromatic rings. The van der Waals surface area contributed by atoms with Crippen LogP contribution >= 0.6 is 0 Å². The molecule has 1 amide bonds. The third kappa shape index (κ3) is 4.07. The summed E-state index contributed by atoms with van der Waals surface area (Å²) in [6, 6.07) is 0. The van der Waals surface area contributed by atoms with Crippen LogP contribution in [0.4, 0.5) is 0 Å². The van der Waals surface area contributed by atoms with Crippen LogP contribution in [0.3, 0.4) is 0 Å². The van der Waals surface area contributed by atoms with Gasteiger partial charge in [0, 0.05) is 13.0 Å². The highest BCUT2D eigenvalue weighted by Gasteiger charge is 2.22. The van der Waals surface area contributed by atoms with Gasteiger partial charge in [-0.2, -0.15) is 5.10 Å². The van der Waals surface area contributed by atoms with Crippen LogP contribution in [0.2, 0.25) is 0 Å². The molecule has 0 spiro atoms. The molecule has 1 heterocycles. The number of aromatic amines is 1. The standard InChI is InChI=1S/C9H16N4O2/c1-9(2,15)8(14)10-5-3-4-7-11-6-12-13-7/h6,15H,3-5H2,1-2H3,(H,10,14)(H,11,12,13). The highest BCUT2D eigenvalue weighted by Crippen LogP contribution is 2.00. The van der Waals surface area contributed by atoms with E-state index in [2.05, 4.69) is 20.5 Å². The maximum Gasteiger partial charge on any atom is 0.251 e. The number of amides is 1. The molecule has 0 atom stereocenters. The van der Waals surface area contributed by atoms with E-state index in [9.17, 15) is 9.90 Å². The number of nitrogens with one attached hydrogen (secondary N) is 2. The first-order valence-corrected chi connectivity index (χ1v) is 4.85. The molecule has 1 rings (SSSR count). The average molecular weight is 212 g/mol.